The summed E-state index contributed by atoms with van der Waals surface area (Å²) in [5.41, 5.74) is 1.36. The zero-order chi connectivity index (χ0) is 19.5. The van der Waals surface area contributed by atoms with E-state index in [0.29, 0.717) is 16.7 Å². The Morgan fingerprint density at radius 1 is 1.14 bits per heavy atom. The number of amides is 1. The van der Waals surface area contributed by atoms with E-state index >= 15 is 0 Å². The lowest BCUT2D eigenvalue weighted by atomic mass is 9.99. The molecule has 8 heteroatoms. The maximum Gasteiger partial charge on any atom is 0.347 e. The average molecular weight is 416 g/mol. The fourth-order valence-corrected chi connectivity index (χ4v) is 4.85. The van der Waals surface area contributed by atoms with Crippen molar-refractivity contribution in [3.63, 3.8) is 0 Å². The normalized spacial score (nSPS) is 17.6. The summed E-state index contributed by atoms with van der Waals surface area (Å²) in [5, 5.41) is 13.7. The molecule has 0 radical (unpaired) electrons. The number of hydrogen-bond acceptors (Lipinski definition) is 6. The Bertz CT molecular complexity index is 898. The van der Waals surface area contributed by atoms with E-state index in [2.05, 4.69) is 15.3 Å². The van der Waals surface area contributed by atoms with Crippen molar-refractivity contribution in [1.29, 1.82) is 0 Å². The molecule has 6 nitrogen and oxygen atoms in total. The number of thiazole rings is 1. The zero-order valence-electron chi connectivity index (χ0n) is 15.3. The van der Waals surface area contributed by atoms with Crippen molar-refractivity contribution in [2.24, 2.45) is 5.92 Å². The highest BCUT2D eigenvalue weighted by atomic mass is 32.2. The van der Waals surface area contributed by atoms with Crippen molar-refractivity contribution in [3.05, 3.63) is 41.0 Å². The number of rotatable bonds is 7. The van der Waals surface area contributed by atoms with Crippen LogP contribution in [0.3, 0.4) is 0 Å². The van der Waals surface area contributed by atoms with Gasteiger partial charge in [0.05, 0.1) is 11.2 Å². The molecule has 0 spiro atoms. The number of nitrogens with zero attached hydrogens (tertiary/aromatic N) is 2. The molecule has 2 aliphatic carbocycles. The summed E-state index contributed by atoms with van der Waals surface area (Å²) < 4.78 is 0. The predicted molar refractivity (Wildman–Crippen MR) is 111 cm³/mol. The Hall–Kier alpha value is -2.19. The number of carboxylic acids is 1. The van der Waals surface area contributed by atoms with Gasteiger partial charge in [-0.25, -0.2) is 14.8 Å². The summed E-state index contributed by atoms with van der Waals surface area (Å²) in [6.45, 7) is 0. The van der Waals surface area contributed by atoms with E-state index in [-0.39, 0.29) is 15.9 Å². The van der Waals surface area contributed by atoms with Crippen LogP contribution in [0.1, 0.15) is 53.8 Å². The third-order valence-corrected chi connectivity index (χ3v) is 7.03. The number of carboxylic acid groups (broad SMARTS) is 1. The Morgan fingerprint density at radius 3 is 2.54 bits per heavy atom. The van der Waals surface area contributed by atoms with Gasteiger partial charge in [0.1, 0.15) is 4.88 Å². The standard InChI is InChI=1S/C20H21N3O3S2/c24-18(23-20-22-11-16(28-20)19(25)26)15(9-12-3-1-2-4-12)13-5-8-17(21-10-13)27-14-6-7-14/h5,8-12,14H,1-4,6-7H2,(H,25,26)(H,22,23,24). The van der Waals surface area contributed by atoms with Crippen molar-refractivity contribution in [3.8, 4) is 0 Å². The van der Waals surface area contributed by atoms with Gasteiger partial charge in [0.15, 0.2) is 5.13 Å². The highest BCUT2D eigenvalue weighted by molar-refractivity contribution is 8.00. The molecule has 2 fully saturated rings. The first-order valence-electron chi connectivity index (χ1n) is 9.44. The van der Waals surface area contributed by atoms with Crippen molar-refractivity contribution in [1.82, 2.24) is 9.97 Å². The topological polar surface area (TPSA) is 92.2 Å². The van der Waals surface area contributed by atoms with Crippen LogP contribution in [-0.2, 0) is 4.79 Å². The smallest absolute Gasteiger partial charge is 0.347 e. The number of aromatic nitrogens is 2. The second-order valence-electron chi connectivity index (χ2n) is 7.12. The Morgan fingerprint density at radius 2 is 1.93 bits per heavy atom. The number of carbonyl (C=O) groups is 2. The number of anilines is 1. The van der Waals surface area contributed by atoms with Crippen LogP contribution in [0.5, 0.6) is 0 Å². The molecule has 28 heavy (non-hydrogen) atoms. The molecule has 0 atom stereocenters. The second kappa shape index (κ2) is 8.45. The molecule has 2 aromatic rings. The number of pyridine rings is 1. The van der Waals surface area contributed by atoms with Gasteiger partial charge in [-0.15, -0.1) is 11.8 Å². The minimum absolute atomic E-state index is 0.0970. The second-order valence-corrected chi connectivity index (χ2v) is 9.47. The molecular weight excluding hydrogens is 394 g/mol. The summed E-state index contributed by atoms with van der Waals surface area (Å²) >= 11 is 2.74. The average Bonchev–Trinajstić information content (AvgIpc) is 3.15. The van der Waals surface area contributed by atoms with E-state index in [1.807, 2.05) is 18.2 Å². The molecule has 2 aliphatic rings. The number of allylic oxidation sites excluding steroid dienone is 1. The van der Waals surface area contributed by atoms with Crippen LogP contribution < -0.4 is 5.32 Å². The van der Waals surface area contributed by atoms with Gasteiger partial charge in [0.25, 0.3) is 5.91 Å². The quantitative estimate of drug-likeness (QED) is 0.637. The molecular formula is C20H21N3O3S2. The summed E-state index contributed by atoms with van der Waals surface area (Å²) in [6, 6.07) is 3.92. The molecule has 0 bridgehead atoms. The molecule has 2 saturated carbocycles. The lowest BCUT2D eigenvalue weighted by molar-refractivity contribution is -0.111. The first-order valence-corrected chi connectivity index (χ1v) is 11.1. The first-order chi connectivity index (χ1) is 13.6. The van der Waals surface area contributed by atoms with Gasteiger partial charge in [-0.2, -0.15) is 0 Å². The van der Waals surface area contributed by atoms with Crippen LogP contribution in [0, 0.1) is 5.92 Å². The molecule has 0 aromatic carbocycles. The van der Waals surface area contributed by atoms with Crippen molar-refractivity contribution in [2.75, 3.05) is 5.32 Å². The van der Waals surface area contributed by atoms with Gasteiger partial charge in [0, 0.05) is 22.6 Å². The van der Waals surface area contributed by atoms with E-state index < -0.39 is 5.97 Å². The molecule has 2 aromatic heterocycles. The maximum atomic E-state index is 13.0. The summed E-state index contributed by atoms with van der Waals surface area (Å²) in [7, 11) is 0. The summed E-state index contributed by atoms with van der Waals surface area (Å²) in [6.07, 6.45) is 12.1. The molecule has 2 heterocycles. The fraction of sp³-hybridized carbons (Fsp3) is 0.400. The fourth-order valence-electron chi connectivity index (χ4n) is 3.22. The van der Waals surface area contributed by atoms with Crippen molar-refractivity contribution >= 4 is 45.7 Å². The monoisotopic (exact) mass is 415 g/mol. The first kappa shape index (κ1) is 19.1. The van der Waals surface area contributed by atoms with Crippen LogP contribution >= 0.6 is 23.1 Å². The van der Waals surface area contributed by atoms with E-state index in [1.165, 1.54) is 31.9 Å². The van der Waals surface area contributed by atoms with Crippen molar-refractivity contribution < 1.29 is 14.7 Å². The molecule has 0 aliphatic heterocycles. The maximum absolute atomic E-state index is 13.0. The molecule has 1 amide bonds. The summed E-state index contributed by atoms with van der Waals surface area (Å²) in [4.78, 5) is 32.6. The highest BCUT2D eigenvalue weighted by Gasteiger charge is 2.24. The van der Waals surface area contributed by atoms with Gasteiger partial charge in [-0.3, -0.25) is 10.1 Å². The van der Waals surface area contributed by atoms with Crippen LogP contribution in [-0.4, -0.2) is 32.2 Å². The Kier molecular flexibility index (Phi) is 5.77. The van der Waals surface area contributed by atoms with Crippen LogP contribution in [0.2, 0.25) is 0 Å². The number of nitrogens with one attached hydrogen (secondary N) is 1. The minimum atomic E-state index is -1.05. The molecule has 4 rings (SSSR count). The molecule has 0 saturated heterocycles. The molecule has 2 N–H and O–H groups in total. The Balaban J connectivity index is 1.55. The third kappa shape index (κ3) is 4.80. The van der Waals surface area contributed by atoms with Crippen molar-refractivity contribution in [2.45, 2.75) is 48.8 Å². The van der Waals surface area contributed by atoms with E-state index in [1.54, 1.807) is 18.0 Å². The van der Waals surface area contributed by atoms with Gasteiger partial charge in [0.2, 0.25) is 0 Å². The third-order valence-electron chi connectivity index (χ3n) is 4.84. The summed E-state index contributed by atoms with van der Waals surface area (Å²) in [5.74, 6) is -0.942. The van der Waals surface area contributed by atoms with Gasteiger partial charge in [-0.1, -0.05) is 30.3 Å². The van der Waals surface area contributed by atoms with E-state index in [4.69, 9.17) is 5.11 Å². The minimum Gasteiger partial charge on any atom is -0.477 e. The lowest BCUT2D eigenvalue weighted by Crippen LogP contribution is -2.14. The molecule has 146 valence electrons. The Labute approximate surface area is 171 Å². The van der Waals surface area contributed by atoms with Crippen LogP contribution in [0.25, 0.3) is 5.57 Å². The lowest BCUT2D eigenvalue weighted by Gasteiger charge is -2.11. The number of carbonyl (C=O) groups excluding carboxylic acids is 1. The number of aromatic carboxylic acids is 1. The molecule has 0 unspecified atom stereocenters. The largest absolute Gasteiger partial charge is 0.477 e. The van der Waals surface area contributed by atoms with Crippen LogP contribution in [0.15, 0.2) is 35.6 Å². The van der Waals surface area contributed by atoms with E-state index in [0.717, 1.165) is 34.8 Å². The zero-order valence-corrected chi connectivity index (χ0v) is 16.9. The van der Waals surface area contributed by atoms with E-state index in [9.17, 15) is 9.59 Å². The van der Waals surface area contributed by atoms with Gasteiger partial charge < -0.3 is 5.11 Å². The highest BCUT2D eigenvalue weighted by Crippen LogP contribution is 2.38. The van der Waals surface area contributed by atoms with Gasteiger partial charge >= 0.3 is 5.97 Å². The van der Waals surface area contributed by atoms with Gasteiger partial charge in [-0.05, 0) is 43.7 Å². The predicted octanol–water partition coefficient (Wildman–Crippen LogP) is 4.70. The SMILES string of the molecule is O=C(Nc1ncc(C(=O)O)s1)C(=CC1CCCC1)c1ccc(SC2CC2)nc1. The number of hydrogen-bond donors (Lipinski definition) is 2. The number of thioether (sulfide) groups is 1. The van der Waals surface area contributed by atoms with Crippen LogP contribution in [0.4, 0.5) is 5.13 Å².